The van der Waals surface area contributed by atoms with Crippen LogP contribution in [0.3, 0.4) is 0 Å². The Bertz CT molecular complexity index is 1520. The first kappa shape index (κ1) is 57.3. The summed E-state index contributed by atoms with van der Waals surface area (Å²) >= 11 is 0. The molecule has 66 heavy (non-hydrogen) atoms. The van der Waals surface area contributed by atoms with Crippen molar-refractivity contribution in [1.29, 1.82) is 0 Å². The van der Waals surface area contributed by atoms with Gasteiger partial charge in [0.2, 0.25) is 0 Å². The number of aryl methyl sites for hydroxylation is 2. The van der Waals surface area contributed by atoms with Gasteiger partial charge in [-0.25, -0.2) is 9.59 Å². The van der Waals surface area contributed by atoms with Gasteiger partial charge in [-0.05, 0) is 79.0 Å². The molecule has 0 spiro atoms. The summed E-state index contributed by atoms with van der Waals surface area (Å²) in [4.78, 5) is 26.6. The summed E-state index contributed by atoms with van der Waals surface area (Å²) in [6, 6.07) is 15.9. The maximum absolute atomic E-state index is 13.4. The zero-order chi connectivity index (χ0) is 47.4. The summed E-state index contributed by atoms with van der Waals surface area (Å²) in [6.45, 7) is 11.8. The molecule has 0 aliphatic heterocycles. The van der Waals surface area contributed by atoms with Gasteiger partial charge in [-0.3, -0.25) is 0 Å². The van der Waals surface area contributed by atoms with Crippen molar-refractivity contribution in [2.75, 3.05) is 6.54 Å². The molecule has 6 heteroatoms. The molecule has 0 saturated heterocycles. The third-order valence-electron chi connectivity index (χ3n) is 14.4. The smallest absolute Gasteiger partial charge is 0.410 e. The molecule has 0 radical (unpaired) electrons. The van der Waals surface area contributed by atoms with E-state index in [9.17, 15) is 9.59 Å². The van der Waals surface area contributed by atoms with E-state index >= 15 is 0 Å². The van der Waals surface area contributed by atoms with Gasteiger partial charge >= 0.3 is 12.2 Å². The monoisotopic (exact) mass is 915 g/mol. The molecule has 1 aliphatic rings. The van der Waals surface area contributed by atoms with Crippen LogP contribution in [-0.4, -0.2) is 24.8 Å². The number of nitrogens with one attached hydrogen (secondary N) is 2. The molecule has 2 amide bonds. The van der Waals surface area contributed by atoms with Crippen molar-refractivity contribution in [2.45, 2.75) is 278 Å². The Morgan fingerprint density at radius 1 is 0.470 bits per heavy atom. The van der Waals surface area contributed by atoms with Crippen LogP contribution < -0.4 is 20.1 Å². The zero-order valence-electron chi connectivity index (χ0n) is 43.7. The largest absolute Gasteiger partial charge is 0.412 e. The minimum absolute atomic E-state index is 0.0127. The lowest BCUT2D eigenvalue weighted by Crippen LogP contribution is -2.51. The van der Waals surface area contributed by atoms with E-state index in [1.807, 2.05) is 36.4 Å². The summed E-state index contributed by atoms with van der Waals surface area (Å²) in [5.74, 6) is 1.32. The number of hydrogen-bond acceptors (Lipinski definition) is 4. The summed E-state index contributed by atoms with van der Waals surface area (Å²) in [5.41, 5.74) is 1.97. The van der Waals surface area contributed by atoms with Gasteiger partial charge in [-0.2, -0.15) is 0 Å². The van der Waals surface area contributed by atoms with Gasteiger partial charge in [0.05, 0.1) is 0 Å². The predicted octanol–water partition coefficient (Wildman–Crippen LogP) is 18.8. The summed E-state index contributed by atoms with van der Waals surface area (Å²) in [6.07, 6.45) is 47.0. The van der Waals surface area contributed by atoms with Crippen molar-refractivity contribution in [2.24, 2.45) is 10.8 Å². The molecule has 1 aliphatic carbocycles. The first-order chi connectivity index (χ1) is 32.1. The molecule has 2 atom stereocenters. The molecule has 2 unspecified atom stereocenters. The van der Waals surface area contributed by atoms with Crippen molar-refractivity contribution in [3.8, 4) is 11.5 Å². The Hall–Kier alpha value is -3.02. The minimum atomic E-state index is -0.413. The highest BCUT2D eigenvalue weighted by Gasteiger charge is 2.42. The van der Waals surface area contributed by atoms with E-state index in [0.29, 0.717) is 18.0 Å². The van der Waals surface area contributed by atoms with Gasteiger partial charge in [0.1, 0.15) is 11.5 Å². The predicted molar refractivity (Wildman–Crippen MR) is 282 cm³/mol. The van der Waals surface area contributed by atoms with E-state index in [1.54, 1.807) is 0 Å². The fourth-order valence-electron chi connectivity index (χ4n) is 10.9. The molecule has 2 aromatic carbocycles. The van der Waals surface area contributed by atoms with Gasteiger partial charge in [0.25, 0.3) is 0 Å². The third kappa shape index (κ3) is 27.7. The van der Waals surface area contributed by atoms with Crippen LogP contribution >= 0.6 is 0 Å². The Morgan fingerprint density at radius 2 is 0.803 bits per heavy atom. The number of amides is 2. The van der Waals surface area contributed by atoms with Gasteiger partial charge < -0.3 is 20.1 Å². The molecule has 6 nitrogen and oxygen atoms in total. The number of carbonyl (C=O) groups is 2. The molecule has 2 N–H and O–H groups in total. The van der Waals surface area contributed by atoms with E-state index in [1.165, 1.54) is 193 Å². The molecule has 2 aromatic rings. The number of para-hydroxylation sites is 2. The molecule has 0 heterocycles. The summed E-state index contributed by atoms with van der Waals surface area (Å²) < 4.78 is 11.9. The Balaban J connectivity index is 1.29. The number of carbonyl (C=O) groups excluding carboxylic acids is 2. The van der Waals surface area contributed by atoms with Crippen LogP contribution in [0.2, 0.25) is 0 Å². The highest BCUT2D eigenvalue weighted by molar-refractivity contribution is 5.71. The second-order valence-electron chi connectivity index (χ2n) is 21.9. The Labute approximate surface area is 407 Å². The lowest BCUT2D eigenvalue weighted by Gasteiger charge is -2.46. The number of ether oxygens (including phenoxy) is 2. The van der Waals surface area contributed by atoms with E-state index < -0.39 is 12.2 Å². The van der Waals surface area contributed by atoms with Crippen molar-refractivity contribution in [1.82, 2.24) is 10.6 Å². The Kier molecular flexibility index (Phi) is 31.3. The molecular weight excluding hydrogens is 813 g/mol. The molecule has 0 bridgehead atoms. The van der Waals surface area contributed by atoms with Crippen LogP contribution in [0.4, 0.5) is 9.59 Å². The molecular formula is C60H102N2O4. The third-order valence-corrected chi connectivity index (χ3v) is 14.4. The topological polar surface area (TPSA) is 76.7 Å². The Morgan fingerprint density at radius 3 is 1.18 bits per heavy atom. The average molecular weight is 915 g/mol. The maximum Gasteiger partial charge on any atom is 0.412 e. The van der Waals surface area contributed by atoms with Crippen molar-refractivity contribution < 1.29 is 19.1 Å². The molecule has 3 rings (SSSR count). The molecule has 0 aromatic heterocycles. The van der Waals surface area contributed by atoms with Crippen LogP contribution in [0.25, 0.3) is 0 Å². The van der Waals surface area contributed by atoms with Gasteiger partial charge in [0.15, 0.2) is 0 Å². The fourth-order valence-corrected chi connectivity index (χ4v) is 10.9. The van der Waals surface area contributed by atoms with Gasteiger partial charge in [-0.15, -0.1) is 0 Å². The van der Waals surface area contributed by atoms with Crippen LogP contribution in [0.5, 0.6) is 11.5 Å². The second kappa shape index (κ2) is 36.0. The quantitative estimate of drug-likeness (QED) is 0.0655. The van der Waals surface area contributed by atoms with E-state index in [2.05, 4.69) is 57.4 Å². The first-order valence-electron chi connectivity index (χ1n) is 28.2. The van der Waals surface area contributed by atoms with E-state index in [-0.39, 0.29) is 16.9 Å². The highest BCUT2D eigenvalue weighted by atomic mass is 16.6. The fraction of sp³-hybridized carbons (Fsp3) is 0.767. The van der Waals surface area contributed by atoms with Crippen molar-refractivity contribution >= 4 is 12.2 Å². The van der Waals surface area contributed by atoms with Crippen LogP contribution in [0.1, 0.15) is 270 Å². The zero-order valence-corrected chi connectivity index (χ0v) is 43.7. The van der Waals surface area contributed by atoms with Crippen LogP contribution in [0, 0.1) is 10.8 Å². The SMILES string of the molecule is CCCCCCCCCCCCCCCCCCc1ccccc1OC(=O)NCC1(C)CC(NC(=O)Oc2ccccc2CCCCCCCCCCCCCCCCCC)CC(C)(C)C1. The molecule has 376 valence electrons. The average Bonchev–Trinajstić information content (AvgIpc) is 3.28. The number of benzene rings is 2. The lowest BCUT2D eigenvalue weighted by atomic mass is 9.62. The maximum atomic E-state index is 13.4. The van der Waals surface area contributed by atoms with Crippen molar-refractivity contribution in [3.05, 3.63) is 59.7 Å². The highest BCUT2D eigenvalue weighted by Crippen LogP contribution is 2.46. The van der Waals surface area contributed by atoms with Gasteiger partial charge in [-0.1, -0.05) is 264 Å². The lowest BCUT2D eigenvalue weighted by molar-refractivity contribution is 0.0701. The summed E-state index contributed by atoms with van der Waals surface area (Å²) in [5, 5.41) is 6.32. The van der Waals surface area contributed by atoms with Crippen LogP contribution in [-0.2, 0) is 12.8 Å². The summed E-state index contributed by atoms with van der Waals surface area (Å²) in [7, 11) is 0. The van der Waals surface area contributed by atoms with E-state index in [4.69, 9.17) is 9.47 Å². The molecule has 1 fully saturated rings. The van der Waals surface area contributed by atoms with Gasteiger partial charge in [0, 0.05) is 12.6 Å². The standard InChI is InChI=1S/C60H102N2O4/c1-6-8-10-12-14-16-18-20-22-24-26-28-30-32-34-36-42-52-44-38-40-46-55(52)65-57(63)61-51-60(5)49-54(48-59(3,4)50-60)62-58(64)66-56-47-41-39-45-53(56)43-37-35-33-31-29-27-25-23-21-19-17-15-13-11-9-7-2/h38-41,44-47,54H,6-37,42-43,48-51H2,1-5H3,(H,61,63)(H,62,64). The van der Waals surface area contributed by atoms with Crippen LogP contribution in [0.15, 0.2) is 48.5 Å². The first-order valence-corrected chi connectivity index (χ1v) is 28.2. The number of hydrogen-bond donors (Lipinski definition) is 2. The second-order valence-corrected chi connectivity index (χ2v) is 21.9. The van der Waals surface area contributed by atoms with Crippen molar-refractivity contribution in [3.63, 3.8) is 0 Å². The normalized spacial score (nSPS) is 16.8. The number of unbranched alkanes of at least 4 members (excludes halogenated alkanes) is 30. The van der Waals surface area contributed by atoms with E-state index in [0.717, 1.165) is 56.1 Å². The number of rotatable bonds is 39. The minimum Gasteiger partial charge on any atom is -0.410 e. The molecule has 1 saturated carbocycles.